The van der Waals surface area contributed by atoms with Crippen LogP contribution in [0.15, 0.2) is 46.5 Å². The second kappa shape index (κ2) is 7.08. The van der Waals surface area contributed by atoms with Gasteiger partial charge in [-0.25, -0.2) is 0 Å². The molecule has 25 heavy (non-hydrogen) atoms. The molecule has 2 aromatic rings. The smallest absolute Gasteiger partial charge is 0.325 e. The number of rotatable bonds is 4. The second-order valence-corrected chi connectivity index (χ2v) is 5.99. The number of nitrogens with one attached hydrogen (secondary N) is 1. The summed E-state index contributed by atoms with van der Waals surface area (Å²) in [6.45, 7) is -0.246. The van der Waals surface area contributed by atoms with E-state index in [2.05, 4.69) is 10.1 Å². The third-order valence-corrected chi connectivity index (χ3v) is 4.06. The summed E-state index contributed by atoms with van der Waals surface area (Å²) in [5, 5.41) is 3.51. The lowest BCUT2D eigenvalue weighted by Gasteiger charge is -2.11. The highest BCUT2D eigenvalue weighted by Gasteiger charge is 2.32. The fraction of sp³-hybridized carbons (Fsp3) is 0.118. The van der Waals surface area contributed by atoms with Crippen molar-refractivity contribution in [3.63, 3.8) is 0 Å². The predicted molar refractivity (Wildman–Crippen MR) is 96.6 cm³/mol. The third kappa shape index (κ3) is 3.72. The van der Waals surface area contributed by atoms with E-state index in [-0.39, 0.29) is 17.4 Å². The molecule has 0 atom stereocenters. The van der Waals surface area contributed by atoms with Crippen LogP contribution in [0.25, 0.3) is 17.4 Å². The number of carbonyl (C=O) groups excluding carboxylic acids is 2. The van der Waals surface area contributed by atoms with Gasteiger partial charge < -0.3 is 14.5 Å². The maximum atomic E-state index is 12.3. The number of esters is 1. The van der Waals surface area contributed by atoms with Crippen LogP contribution in [0.5, 0.6) is 0 Å². The Morgan fingerprint density at radius 3 is 2.92 bits per heavy atom. The molecule has 0 unspecified atom stereocenters. The molecule has 1 aromatic carbocycles. The van der Waals surface area contributed by atoms with E-state index < -0.39 is 11.9 Å². The summed E-state index contributed by atoms with van der Waals surface area (Å²) >= 11 is 11.1. The molecule has 1 N–H and O–H groups in total. The summed E-state index contributed by atoms with van der Waals surface area (Å²) in [7, 11) is 1.25. The van der Waals surface area contributed by atoms with E-state index in [1.54, 1.807) is 24.3 Å². The number of carbonyl (C=O) groups is 2. The Labute approximate surface area is 154 Å². The summed E-state index contributed by atoms with van der Waals surface area (Å²) in [6, 6.07) is 10.8. The van der Waals surface area contributed by atoms with Crippen molar-refractivity contribution in [3.05, 3.63) is 52.9 Å². The molecule has 0 saturated carbocycles. The SMILES string of the molecule is COC(=O)CN1C(=O)/C(=C/c2ccc(-c3cccc(Cl)c3)o2)NC1=S. The average molecular weight is 377 g/mol. The van der Waals surface area contributed by atoms with E-state index in [1.807, 2.05) is 12.1 Å². The van der Waals surface area contributed by atoms with Crippen LogP contribution >= 0.6 is 23.8 Å². The van der Waals surface area contributed by atoms with E-state index in [0.717, 1.165) is 10.5 Å². The highest BCUT2D eigenvalue weighted by atomic mass is 35.5. The maximum Gasteiger partial charge on any atom is 0.325 e. The lowest BCUT2D eigenvalue weighted by molar-refractivity contribution is -0.143. The molecule has 1 amide bonds. The van der Waals surface area contributed by atoms with Gasteiger partial charge in [0.15, 0.2) is 5.11 Å². The first-order valence-electron chi connectivity index (χ1n) is 7.25. The van der Waals surface area contributed by atoms with Gasteiger partial charge >= 0.3 is 5.97 Å². The van der Waals surface area contributed by atoms with Gasteiger partial charge in [-0.3, -0.25) is 14.5 Å². The largest absolute Gasteiger partial charge is 0.468 e. The minimum Gasteiger partial charge on any atom is -0.468 e. The predicted octanol–water partition coefficient (Wildman–Crippen LogP) is 2.83. The van der Waals surface area contributed by atoms with E-state index in [9.17, 15) is 9.59 Å². The Morgan fingerprint density at radius 2 is 2.20 bits per heavy atom. The number of amides is 1. The summed E-state index contributed by atoms with van der Waals surface area (Å²) < 4.78 is 10.3. The standard InChI is InChI=1S/C17H13ClN2O4S/c1-23-15(21)9-20-16(22)13(19-17(20)25)8-12-5-6-14(24-12)10-3-2-4-11(18)7-10/h2-8H,9H2,1H3,(H,19,25)/b13-8-. The van der Waals surface area contributed by atoms with Crippen LogP contribution in [0.3, 0.4) is 0 Å². The van der Waals surface area contributed by atoms with E-state index in [4.69, 9.17) is 28.2 Å². The minimum absolute atomic E-state index is 0.142. The maximum absolute atomic E-state index is 12.3. The molecule has 1 aromatic heterocycles. The van der Waals surface area contributed by atoms with Crippen LogP contribution < -0.4 is 5.32 Å². The molecule has 0 aliphatic carbocycles. The van der Waals surface area contributed by atoms with Crippen molar-refractivity contribution in [2.75, 3.05) is 13.7 Å². The fourth-order valence-corrected chi connectivity index (χ4v) is 2.73. The molecule has 0 spiro atoms. The zero-order chi connectivity index (χ0) is 18.0. The van der Waals surface area contributed by atoms with Crippen molar-refractivity contribution >= 4 is 46.9 Å². The molecular formula is C17H13ClN2O4S. The van der Waals surface area contributed by atoms with Gasteiger partial charge in [-0.2, -0.15) is 0 Å². The number of methoxy groups -OCH3 is 1. The number of thiocarbonyl (C=S) groups is 1. The van der Waals surface area contributed by atoms with E-state index in [1.165, 1.54) is 13.2 Å². The first kappa shape index (κ1) is 17.2. The molecule has 3 rings (SSSR count). The number of ether oxygens (including phenoxy) is 1. The second-order valence-electron chi connectivity index (χ2n) is 5.17. The van der Waals surface area contributed by atoms with Crippen LogP contribution in [0.4, 0.5) is 0 Å². The molecule has 0 radical (unpaired) electrons. The number of hydrogen-bond donors (Lipinski definition) is 1. The highest BCUT2D eigenvalue weighted by molar-refractivity contribution is 7.80. The van der Waals surface area contributed by atoms with Crippen LogP contribution in [0.2, 0.25) is 5.02 Å². The Hall–Kier alpha value is -2.64. The number of halogens is 1. The Bertz CT molecular complexity index is 890. The summed E-state index contributed by atoms with van der Waals surface area (Å²) in [6.07, 6.45) is 1.53. The highest BCUT2D eigenvalue weighted by Crippen LogP contribution is 2.26. The van der Waals surface area contributed by atoms with E-state index >= 15 is 0 Å². The number of hydrogen-bond acceptors (Lipinski definition) is 5. The van der Waals surface area contributed by atoms with Crippen molar-refractivity contribution in [2.45, 2.75) is 0 Å². The van der Waals surface area contributed by atoms with Gasteiger partial charge in [0.2, 0.25) is 0 Å². The van der Waals surface area contributed by atoms with Crippen LogP contribution in [-0.2, 0) is 14.3 Å². The normalized spacial score (nSPS) is 15.6. The molecule has 1 saturated heterocycles. The Morgan fingerprint density at radius 1 is 1.40 bits per heavy atom. The van der Waals surface area contributed by atoms with Crippen LogP contribution in [-0.4, -0.2) is 35.5 Å². The first-order valence-corrected chi connectivity index (χ1v) is 8.03. The topological polar surface area (TPSA) is 71.8 Å². The molecule has 2 heterocycles. The summed E-state index contributed by atoms with van der Waals surface area (Å²) in [5.74, 6) is 0.110. The summed E-state index contributed by atoms with van der Waals surface area (Å²) in [5.41, 5.74) is 1.05. The van der Waals surface area contributed by atoms with Gasteiger partial charge in [0.1, 0.15) is 23.8 Å². The molecule has 0 bridgehead atoms. The third-order valence-electron chi connectivity index (χ3n) is 3.50. The van der Waals surface area contributed by atoms with Crippen LogP contribution in [0, 0.1) is 0 Å². The van der Waals surface area contributed by atoms with E-state index in [0.29, 0.717) is 16.5 Å². The van der Waals surface area contributed by atoms with Crippen molar-refractivity contribution in [1.82, 2.24) is 10.2 Å². The average Bonchev–Trinajstić information content (AvgIpc) is 3.15. The number of furan rings is 1. The first-order chi connectivity index (χ1) is 12.0. The van der Waals surface area contributed by atoms with Crippen molar-refractivity contribution in [1.29, 1.82) is 0 Å². The molecule has 6 nitrogen and oxygen atoms in total. The lowest BCUT2D eigenvalue weighted by Crippen LogP contribution is -2.35. The van der Waals surface area contributed by atoms with Crippen molar-refractivity contribution < 1.29 is 18.7 Å². The zero-order valence-electron chi connectivity index (χ0n) is 13.1. The van der Waals surface area contributed by atoms with Gasteiger partial charge in [0.25, 0.3) is 5.91 Å². The fourth-order valence-electron chi connectivity index (χ4n) is 2.28. The van der Waals surface area contributed by atoms with Gasteiger partial charge in [0, 0.05) is 16.7 Å². The molecule has 1 aliphatic heterocycles. The quantitative estimate of drug-likeness (QED) is 0.502. The van der Waals surface area contributed by atoms with Gasteiger partial charge in [-0.05, 0) is 36.5 Å². The molecule has 1 aliphatic rings. The van der Waals surface area contributed by atoms with Crippen LogP contribution in [0.1, 0.15) is 5.76 Å². The Balaban J connectivity index is 1.81. The van der Waals surface area contributed by atoms with Gasteiger partial charge in [0.05, 0.1) is 7.11 Å². The molecule has 1 fully saturated rings. The lowest BCUT2D eigenvalue weighted by atomic mass is 10.2. The number of nitrogens with zero attached hydrogens (tertiary/aromatic N) is 1. The van der Waals surface area contributed by atoms with Crippen molar-refractivity contribution in [3.8, 4) is 11.3 Å². The zero-order valence-corrected chi connectivity index (χ0v) is 14.7. The monoisotopic (exact) mass is 376 g/mol. The Kier molecular flexibility index (Phi) is 4.87. The minimum atomic E-state index is -0.556. The molecule has 128 valence electrons. The van der Waals surface area contributed by atoms with Gasteiger partial charge in [-0.15, -0.1) is 0 Å². The summed E-state index contributed by atoms with van der Waals surface area (Å²) in [4.78, 5) is 24.8. The number of benzene rings is 1. The van der Waals surface area contributed by atoms with Gasteiger partial charge in [-0.1, -0.05) is 23.7 Å². The molecule has 8 heteroatoms. The molecular weight excluding hydrogens is 364 g/mol. The van der Waals surface area contributed by atoms with Crippen molar-refractivity contribution in [2.24, 2.45) is 0 Å².